The van der Waals surface area contributed by atoms with Crippen molar-refractivity contribution in [1.29, 1.82) is 0 Å². The van der Waals surface area contributed by atoms with Gasteiger partial charge in [-0.1, -0.05) is 35.5 Å². The molecule has 2 aromatic carbocycles. The summed E-state index contributed by atoms with van der Waals surface area (Å²) in [5.74, 6) is -0.236. The van der Waals surface area contributed by atoms with Crippen LogP contribution in [0.1, 0.15) is 35.4 Å². The maximum atomic E-state index is 13.1. The molecule has 150 valence electrons. The average molecular weight is 394 g/mol. The van der Waals surface area contributed by atoms with Crippen LogP contribution in [-0.4, -0.2) is 37.4 Å². The Hall–Kier alpha value is -2.41. The predicted octanol–water partition coefficient (Wildman–Crippen LogP) is 5.07. The second kappa shape index (κ2) is 8.73. The summed E-state index contributed by atoms with van der Waals surface area (Å²) in [6, 6.07) is 11.7. The van der Waals surface area contributed by atoms with E-state index in [1.54, 1.807) is 18.2 Å². The summed E-state index contributed by atoms with van der Waals surface area (Å²) in [5, 5.41) is 4.04. The van der Waals surface area contributed by atoms with E-state index in [4.69, 9.17) is 4.84 Å². The van der Waals surface area contributed by atoms with Gasteiger partial charge in [-0.25, -0.2) is 4.39 Å². The minimum Gasteiger partial charge on any atom is -0.399 e. The minimum absolute atomic E-state index is 0.0796. The smallest absolute Gasteiger partial charge is 0.399 e. The summed E-state index contributed by atoms with van der Waals surface area (Å²) in [7, 11) is 1.46. The molecule has 0 spiro atoms. The highest BCUT2D eigenvalue weighted by Crippen LogP contribution is 2.33. The molecule has 28 heavy (non-hydrogen) atoms. The van der Waals surface area contributed by atoms with Crippen molar-refractivity contribution in [1.82, 2.24) is 4.90 Å². The summed E-state index contributed by atoms with van der Waals surface area (Å²) >= 11 is 0. The first kappa shape index (κ1) is 20.3. The van der Waals surface area contributed by atoms with E-state index >= 15 is 0 Å². The van der Waals surface area contributed by atoms with Crippen LogP contribution in [-0.2, 0) is 11.0 Å². The van der Waals surface area contributed by atoms with Gasteiger partial charge in [0.15, 0.2) is 0 Å². The summed E-state index contributed by atoms with van der Waals surface area (Å²) in [5.41, 5.74) is 1.62. The third kappa shape index (κ3) is 5.10. The van der Waals surface area contributed by atoms with Crippen LogP contribution in [0.5, 0.6) is 0 Å². The number of hydrogen-bond acceptors (Lipinski definition) is 3. The Labute approximate surface area is 161 Å². The Kier molecular flexibility index (Phi) is 6.34. The molecular formula is C21H22F4N2O. The highest BCUT2D eigenvalue weighted by Gasteiger charge is 2.32. The van der Waals surface area contributed by atoms with E-state index in [1.807, 2.05) is 0 Å². The summed E-state index contributed by atoms with van der Waals surface area (Å²) in [4.78, 5) is 7.12. The summed E-state index contributed by atoms with van der Waals surface area (Å²) < 4.78 is 51.9. The van der Waals surface area contributed by atoms with Crippen LogP contribution < -0.4 is 0 Å². The number of nitrogens with zero attached hydrogens (tertiary/aromatic N) is 2. The predicted molar refractivity (Wildman–Crippen MR) is 99.8 cm³/mol. The number of likely N-dealkylation sites (tertiary alicyclic amines) is 1. The van der Waals surface area contributed by atoms with Crippen molar-refractivity contribution in [2.75, 3.05) is 26.7 Å². The Morgan fingerprint density at radius 3 is 2.61 bits per heavy atom. The molecule has 1 aliphatic rings. The molecule has 2 aromatic rings. The van der Waals surface area contributed by atoms with E-state index in [0.717, 1.165) is 30.2 Å². The van der Waals surface area contributed by atoms with Gasteiger partial charge in [-0.15, -0.1) is 0 Å². The summed E-state index contributed by atoms with van der Waals surface area (Å²) in [6.07, 6.45) is -2.90. The van der Waals surface area contributed by atoms with E-state index in [0.29, 0.717) is 25.2 Å². The molecule has 3 nitrogen and oxygen atoms in total. The van der Waals surface area contributed by atoms with Crippen molar-refractivity contribution in [3.63, 3.8) is 0 Å². The van der Waals surface area contributed by atoms with Gasteiger partial charge >= 0.3 is 6.18 Å². The van der Waals surface area contributed by atoms with Gasteiger partial charge in [-0.3, -0.25) is 0 Å². The zero-order valence-electron chi connectivity index (χ0n) is 15.5. The highest BCUT2D eigenvalue weighted by atomic mass is 19.4. The van der Waals surface area contributed by atoms with Crippen molar-refractivity contribution < 1.29 is 22.4 Å². The first-order chi connectivity index (χ1) is 13.4. The number of hydrogen-bond donors (Lipinski definition) is 0. The van der Waals surface area contributed by atoms with Crippen LogP contribution in [0.3, 0.4) is 0 Å². The molecule has 7 heteroatoms. The van der Waals surface area contributed by atoms with Gasteiger partial charge in [-0.05, 0) is 48.2 Å². The van der Waals surface area contributed by atoms with Crippen LogP contribution in [0.4, 0.5) is 17.6 Å². The van der Waals surface area contributed by atoms with E-state index in [-0.39, 0.29) is 11.7 Å². The number of oxime groups is 1. The van der Waals surface area contributed by atoms with Gasteiger partial charge in [0, 0.05) is 19.5 Å². The van der Waals surface area contributed by atoms with Crippen LogP contribution in [0.15, 0.2) is 53.7 Å². The summed E-state index contributed by atoms with van der Waals surface area (Å²) in [6.45, 7) is 2.21. The fourth-order valence-corrected chi connectivity index (χ4v) is 3.54. The number of alkyl halides is 3. The molecule has 1 atom stereocenters. The van der Waals surface area contributed by atoms with Gasteiger partial charge < -0.3 is 9.74 Å². The lowest BCUT2D eigenvalue weighted by molar-refractivity contribution is -0.137. The molecule has 0 aliphatic carbocycles. The molecule has 1 aliphatic heterocycles. The lowest BCUT2D eigenvalue weighted by Gasteiger charge is -2.17. The Morgan fingerprint density at radius 1 is 1.18 bits per heavy atom. The third-order valence-electron chi connectivity index (χ3n) is 5.00. The molecule has 1 heterocycles. The second-order valence-corrected chi connectivity index (χ2v) is 6.89. The van der Waals surface area contributed by atoms with Crippen LogP contribution in [0, 0.1) is 5.82 Å². The molecule has 1 saturated heterocycles. The zero-order chi connectivity index (χ0) is 20.1. The monoisotopic (exact) mass is 394 g/mol. The zero-order valence-corrected chi connectivity index (χ0v) is 15.5. The van der Waals surface area contributed by atoms with Crippen molar-refractivity contribution in [2.45, 2.75) is 24.9 Å². The lowest BCUT2D eigenvalue weighted by Crippen LogP contribution is -2.24. The largest absolute Gasteiger partial charge is 0.416 e. The molecule has 1 unspecified atom stereocenters. The molecule has 0 N–H and O–H groups in total. The van der Waals surface area contributed by atoms with Crippen molar-refractivity contribution >= 4 is 5.71 Å². The second-order valence-electron chi connectivity index (χ2n) is 6.89. The van der Waals surface area contributed by atoms with Crippen molar-refractivity contribution in [2.24, 2.45) is 5.16 Å². The van der Waals surface area contributed by atoms with E-state index < -0.39 is 11.7 Å². The Bertz CT molecular complexity index is 818. The van der Waals surface area contributed by atoms with Gasteiger partial charge in [0.25, 0.3) is 0 Å². The number of halogens is 4. The molecule has 0 amide bonds. The van der Waals surface area contributed by atoms with Gasteiger partial charge in [0.1, 0.15) is 12.9 Å². The molecule has 3 rings (SSSR count). The maximum Gasteiger partial charge on any atom is 0.416 e. The standard InChI is InChI=1S/C21H22F4N2O/c1-28-26-20(15-5-7-19(22)8-6-15)10-12-27-11-9-17(14-27)16-3-2-4-18(13-16)21(23,24)25/h2-8,13,17H,9-12,14H2,1H3/b26-20+. The van der Waals surface area contributed by atoms with Crippen molar-refractivity contribution in [3.05, 3.63) is 71.0 Å². The van der Waals surface area contributed by atoms with E-state index in [9.17, 15) is 17.6 Å². The Balaban J connectivity index is 1.61. The lowest BCUT2D eigenvalue weighted by atomic mass is 9.96. The van der Waals surface area contributed by atoms with Crippen LogP contribution >= 0.6 is 0 Å². The molecule has 0 radical (unpaired) electrons. The Morgan fingerprint density at radius 2 is 1.93 bits per heavy atom. The first-order valence-corrected chi connectivity index (χ1v) is 9.12. The molecular weight excluding hydrogens is 372 g/mol. The van der Waals surface area contributed by atoms with Crippen molar-refractivity contribution in [3.8, 4) is 0 Å². The fraction of sp³-hybridized carbons (Fsp3) is 0.381. The van der Waals surface area contributed by atoms with Gasteiger partial charge in [0.05, 0.1) is 11.3 Å². The molecule has 0 bridgehead atoms. The molecule has 1 fully saturated rings. The quantitative estimate of drug-likeness (QED) is 0.388. The van der Waals surface area contributed by atoms with Crippen LogP contribution in [0.25, 0.3) is 0 Å². The van der Waals surface area contributed by atoms with Gasteiger partial charge in [-0.2, -0.15) is 13.2 Å². The van der Waals surface area contributed by atoms with E-state index in [1.165, 1.54) is 31.4 Å². The average Bonchev–Trinajstić information content (AvgIpc) is 3.14. The minimum atomic E-state index is -4.32. The SMILES string of the molecule is CO/N=C(\CCN1CCC(c2cccc(C(F)(F)F)c2)C1)c1ccc(F)cc1. The topological polar surface area (TPSA) is 24.8 Å². The first-order valence-electron chi connectivity index (χ1n) is 9.12. The third-order valence-corrected chi connectivity index (χ3v) is 5.00. The fourth-order valence-electron chi connectivity index (χ4n) is 3.54. The molecule has 0 aromatic heterocycles. The molecule has 0 saturated carbocycles. The number of rotatable bonds is 6. The normalized spacial score (nSPS) is 18.5. The highest BCUT2D eigenvalue weighted by molar-refractivity contribution is 6.00. The maximum absolute atomic E-state index is 13.1. The number of benzene rings is 2. The van der Waals surface area contributed by atoms with Gasteiger partial charge in [0.2, 0.25) is 0 Å². The van der Waals surface area contributed by atoms with E-state index in [2.05, 4.69) is 10.1 Å². The van der Waals surface area contributed by atoms with Crippen LogP contribution in [0.2, 0.25) is 0 Å².